The van der Waals surface area contributed by atoms with Gasteiger partial charge in [-0.1, -0.05) is 24.3 Å². The molecule has 8 heteroatoms. The lowest BCUT2D eigenvalue weighted by atomic mass is 10.1. The van der Waals surface area contributed by atoms with E-state index >= 15 is 0 Å². The molecule has 0 radical (unpaired) electrons. The van der Waals surface area contributed by atoms with Gasteiger partial charge in [-0.05, 0) is 55.5 Å². The molecular formula is C27H27F3N2O2S. The zero-order valence-corrected chi connectivity index (χ0v) is 20.2. The molecule has 0 atom stereocenters. The highest BCUT2D eigenvalue weighted by Gasteiger charge is 2.31. The molecule has 4 nitrogen and oxygen atoms in total. The molecule has 1 aliphatic heterocycles. The first-order valence-electron chi connectivity index (χ1n) is 11.5. The SMILES string of the molecule is CCOc1ccc(C(=O)N2CCN(c3cccc(C(F)(F)F)c3)CC2)cc1CSc1ccccc1. The number of halogens is 3. The van der Waals surface area contributed by atoms with Gasteiger partial charge in [0.15, 0.2) is 0 Å². The summed E-state index contributed by atoms with van der Waals surface area (Å²) in [5.74, 6) is 1.36. The molecular weight excluding hydrogens is 473 g/mol. The van der Waals surface area contributed by atoms with Crippen molar-refractivity contribution in [3.63, 3.8) is 0 Å². The molecule has 0 aliphatic carbocycles. The molecule has 35 heavy (non-hydrogen) atoms. The minimum atomic E-state index is -4.38. The summed E-state index contributed by atoms with van der Waals surface area (Å²) in [5, 5.41) is 0. The highest BCUT2D eigenvalue weighted by molar-refractivity contribution is 7.98. The fourth-order valence-corrected chi connectivity index (χ4v) is 4.93. The lowest BCUT2D eigenvalue weighted by Crippen LogP contribution is -2.48. The fraction of sp³-hybridized carbons (Fsp3) is 0.296. The van der Waals surface area contributed by atoms with Crippen LogP contribution in [0.15, 0.2) is 77.7 Å². The highest BCUT2D eigenvalue weighted by Crippen LogP contribution is 2.32. The Hall–Kier alpha value is -3.13. The number of hydrogen-bond acceptors (Lipinski definition) is 4. The maximum Gasteiger partial charge on any atom is 0.416 e. The summed E-state index contributed by atoms with van der Waals surface area (Å²) in [6, 6.07) is 20.9. The summed E-state index contributed by atoms with van der Waals surface area (Å²) in [6.45, 7) is 4.29. The monoisotopic (exact) mass is 500 g/mol. The third kappa shape index (κ3) is 6.31. The normalized spacial score (nSPS) is 14.2. The predicted molar refractivity (Wildman–Crippen MR) is 133 cm³/mol. The number of hydrogen-bond donors (Lipinski definition) is 0. The summed E-state index contributed by atoms with van der Waals surface area (Å²) >= 11 is 1.68. The maximum atomic E-state index is 13.2. The smallest absolute Gasteiger partial charge is 0.416 e. The molecule has 3 aromatic rings. The van der Waals surface area contributed by atoms with Crippen molar-refractivity contribution in [1.29, 1.82) is 0 Å². The molecule has 0 saturated carbocycles. The Morgan fingerprint density at radius 1 is 0.943 bits per heavy atom. The van der Waals surface area contributed by atoms with Crippen molar-refractivity contribution in [2.75, 3.05) is 37.7 Å². The third-order valence-corrected chi connectivity index (χ3v) is 6.91. The molecule has 0 N–H and O–H groups in total. The number of ether oxygens (including phenoxy) is 1. The number of alkyl halides is 3. The Kier molecular flexibility index (Phi) is 7.90. The van der Waals surface area contributed by atoms with Crippen LogP contribution in [0.2, 0.25) is 0 Å². The van der Waals surface area contributed by atoms with Gasteiger partial charge < -0.3 is 14.5 Å². The second kappa shape index (κ2) is 11.1. The van der Waals surface area contributed by atoms with E-state index in [2.05, 4.69) is 0 Å². The van der Waals surface area contributed by atoms with Crippen LogP contribution in [0.25, 0.3) is 0 Å². The van der Waals surface area contributed by atoms with E-state index in [1.807, 2.05) is 54.3 Å². The Bertz CT molecular complexity index is 1150. The average Bonchev–Trinajstić information content (AvgIpc) is 2.88. The van der Waals surface area contributed by atoms with E-state index in [1.54, 1.807) is 28.8 Å². The van der Waals surface area contributed by atoms with E-state index in [9.17, 15) is 18.0 Å². The minimum Gasteiger partial charge on any atom is -0.494 e. The van der Waals surface area contributed by atoms with E-state index in [0.29, 0.717) is 49.8 Å². The Morgan fingerprint density at radius 2 is 1.69 bits per heavy atom. The van der Waals surface area contributed by atoms with Crippen LogP contribution in [-0.2, 0) is 11.9 Å². The van der Waals surface area contributed by atoms with E-state index in [1.165, 1.54) is 12.1 Å². The van der Waals surface area contributed by atoms with Gasteiger partial charge in [-0.25, -0.2) is 0 Å². The summed E-state index contributed by atoms with van der Waals surface area (Å²) in [7, 11) is 0. The number of benzene rings is 3. The van der Waals surface area contributed by atoms with Gasteiger partial charge >= 0.3 is 6.18 Å². The number of amides is 1. The lowest BCUT2D eigenvalue weighted by molar-refractivity contribution is -0.137. The van der Waals surface area contributed by atoms with E-state index in [0.717, 1.165) is 22.3 Å². The predicted octanol–water partition coefficient (Wildman–Crippen LogP) is 6.36. The van der Waals surface area contributed by atoms with E-state index < -0.39 is 11.7 Å². The Morgan fingerprint density at radius 3 is 2.37 bits per heavy atom. The molecule has 3 aromatic carbocycles. The van der Waals surface area contributed by atoms with E-state index in [4.69, 9.17) is 4.74 Å². The van der Waals surface area contributed by atoms with Crippen molar-refractivity contribution < 1.29 is 22.7 Å². The molecule has 0 spiro atoms. The van der Waals surface area contributed by atoms with E-state index in [-0.39, 0.29) is 5.91 Å². The van der Waals surface area contributed by atoms with Crippen LogP contribution in [0.4, 0.5) is 18.9 Å². The van der Waals surface area contributed by atoms with Gasteiger partial charge in [0.05, 0.1) is 12.2 Å². The van der Waals surface area contributed by atoms with Crippen LogP contribution in [0.5, 0.6) is 5.75 Å². The largest absolute Gasteiger partial charge is 0.494 e. The van der Waals surface area contributed by atoms with Gasteiger partial charge in [0, 0.05) is 53.6 Å². The van der Waals surface area contributed by atoms with Crippen LogP contribution < -0.4 is 9.64 Å². The molecule has 184 valence electrons. The molecule has 4 rings (SSSR count). The number of rotatable bonds is 7. The van der Waals surface area contributed by atoms with Crippen molar-refractivity contribution in [2.45, 2.75) is 23.7 Å². The van der Waals surface area contributed by atoms with Crippen LogP contribution in [-0.4, -0.2) is 43.6 Å². The molecule has 0 bridgehead atoms. The summed E-state index contributed by atoms with van der Waals surface area (Å²) in [4.78, 5) is 18.0. The molecule has 0 unspecified atom stereocenters. The zero-order valence-electron chi connectivity index (χ0n) is 19.4. The quantitative estimate of drug-likeness (QED) is 0.354. The Labute approximate surface area is 207 Å². The van der Waals surface area contributed by atoms with Crippen molar-refractivity contribution in [3.8, 4) is 5.75 Å². The first kappa shape index (κ1) is 25.0. The van der Waals surface area contributed by atoms with Crippen LogP contribution in [0, 0.1) is 0 Å². The summed E-state index contributed by atoms with van der Waals surface area (Å²) in [5.41, 5.74) is 1.40. The second-order valence-electron chi connectivity index (χ2n) is 8.18. The van der Waals surface area contributed by atoms with Crippen LogP contribution >= 0.6 is 11.8 Å². The number of anilines is 1. The number of nitrogens with zero attached hydrogens (tertiary/aromatic N) is 2. The van der Waals surface area contributed by atoms with Crippen LogP contribution in [0.1, 0.15) is 28.4 Å². The maximum absolute atomic E-state index is 13.2. The lowest BCUT2D eigenvalue weighted by Gasteiger charge is -2.36. The van der Waals surface area contributed by atoms with Crippen LogP contribution in [0.3, 0.4) is 0 Å². The Balaban J connectivity index is 1.43. The van der Waals surface area contributed by atoms with Crippen molar-refractivity contribution in [2.24, 2.45) is 0 Å². The van der Waals surface area contributed by atoms with Gasteiger partial charge in [0.25, 0.3) is 5.91 Å². The van der Waals surface area contributed by atoms with Crippen molar-refractivity contribution in [1.82, 2.24) is 4.90 Å². The number of carbonyl (C=O) groups is 1. The topological polar surface area (TPSA) is 32.8 Å². The number of piperazine rings is 1. The fourth-order valence-electron chi connectivity index (χ4n) is 4.03. The highest BCUT2D eigenvalue weighted by atomic mass is 32.2. The molecule has 1 saturated heterocycles. The number of thioether (sulfide) groups is 1. The standard InChI is InChI=1S/C27H27F3N2O2S/c1-2-34-25-12-11-20(17-21(25)19-35-24-9-4-3-5-10-24)26(33)32-15-13-31(14-16-32)23-8-6-7-22(18-23)27(28,29)30/h3-12,17-18H,2,13-16,19H2,1H3. The summed E-state index contributed by atoms with van der Waals surface area (Å²) in [6.07, 6.45) is -4.38. The summed E-state index contributed by atoms with van der Waals surface area (Å²) < 4.78 is 45.0. The molecule has 1 aliphatic rings. The van der Waals surface area contributed by atoms with Gasteiger partial charge in [-0.3, -0.25) is 4.79 Å². The molecule has 1 amide bonds. The first-order valence-corrected chi connectivity index (χ1v) is 12.5. The molecule has 0 aromatic heterocycles. The van der Waals surface area contributed by atoms with Crippen molar-refractivity contribution >= 4 is 23.4 Å². The van der Waals surface area contributed by atoms with Gasteiger partial charge in [-0.15, -0.1) is 11.8 Å². The second-order valence-corrected chi connectivity index (χ2v) is 9.23. The van der Waals surface area contributed by atoms with Gasteiger partial charge in [-0.2, -0.15) is 13.2 Å². The minimum absolute atomic E-state index is 0.0808. The van der Waals surface area contributed by atoms with Gasteiger partial charge in [0.1, 0.15) is 5.75 Å². The van der Waals surface area contributed by atoms with Gasteiger partial charge in [0.2, 0.25) is 0 Å². The zero-order chi connectivity index (χ0) is 24.8. The molecule has 1 heterocycles. The number of carbonyl (C=O) groups excluding carboxylic acids is 1. The van der Waals surface area contributed by atoms with Crippen molar-refractivity contribution in [3.05, 3.63) is 89.5 Å². The first-order chi connectivity index (χ1) is 16.8. The molecule has 1 fully saturated rings. The average molecular weight is 501 g/mol. The third-order valence-electron chi connectivity index (χ3n) is 5.85.